The third kappa shape index (κ3) is 5.61. The first-order valence-corrected chi connectivity index (χ1v) is 6.15. The van der Waals surface area contributed by atoms with Gasteiger partial charge in [0.25, 0.3) is 5.69 Å². The molecular weight excluding hydrogens is 246 g/mol. The molecule has 104 valence electrons. The largest absolute Gasteiger partial charge is 0.373 e. The van der Waals surface area contributed by atoms with E-state index in [1.165, 1.54) is 24.3 Å². The lowest BCUT2D eigenvalue weighted by Gasteiger charge is -2.17. The predicted molar refractivity (Wildman–Crippen MR) is 72.3 cm³/mol. The van der Waals surface area contributed by atoms with Gasteiger partial charge in [-0.1, -0.05) is 20.8 Å². The third-order valence-electron chi connectivity index (χ3n) is 2.63. The summed E-state index contributed by atoms with van der Waals surface area (Å²) in [7, 11) is 0. The Hall–Kier alpha value is -1.75. The highest BCUT2D eigenvalue weighted by molar-refractivity contribution is 5.97. The molecule has 0 atom stereocenters. The maximum Gasteiger partial charge on any atom is 0.269 e. The minimum absolute atomic E-state index is 0.00783. The molecule has 19 heavy (non-hydrogen) atoms. The first kappa shape index (κ1) is 15.3. The van der Waals surface area contributed by atoms with Crippen LogP contribution in [-0.4, -0.2) is 23.9 Å². The van der Waals surface area contributed by atoms with Crippen LogP contribution in [0.15, 0.2) is 24.3 Å². The van der Waals surface area contributed by atoms with E-state index in [0.717, 1.165) is 6.42 Å². The second-order valence-electron chi connectivity index (χ2n) is 5.59. The van der Waals surface area contributed by atoms with Crippen molar-refractivity contribution < 1.29 is 14.5 Å². The Balaban J connectivity index is 2.43. The number of carbonyl (C=O) groups is 1. The zero-order valence-electron chi connectivity index (χ0n) is 11.5. The van der Waals surface area contributed by atoms with Crippen molar-refractivity contribution >= 4 is 11.5 Å². The first-order valence-electron chi connectivity index (χ1n) is 6.15. The fraction of sp³-hybridized carbons (Fsp3) is 0.500. The molecule has 5 nitrogen and oxygen atoms in total. The number of nitrogens with zero attached hydrogens (tertiary/aromatic N) is 1. The average molecular weight is 265 g/mol. The number of carbonyl (C=O) groups excluding carboxylic acids is 1. The molecule has 0 spiro atoms. The summed E-state index contributed by atoms with van der Waals surface area (Å²) in [6.45, 7) is 6.85. The summed E-state index contributed by atoms with van der Waals surface area (Å²) in [5, 5.41) is 10.5. The van der Waals surface area contributed by atoms with Crippen LogP contribution in [0.4, 0.5) is 5.69 Å². The van der Waals surface area contributed by atoms with Crippen LogP contribution >= 0.6 is 0 Å². The maximum absolute atomic E-state index is 11.8. The lowest BCUT2D eigenvalue weighted by atomic mass is 9.93. The predicted octanol–water partition coefficient (Wildman–Crippen LogP) is 3.23. The number of non-ortho nitro benzene ring substituents is 1. The van der Waals surface area contributed by atoms with E-state index in [9.17, 15) is 14.9 Å². The second-order valence-corrected chi connectivity index (χ2v) is 5.59. The fourth-order valence-corrected chi connectivity index (χ4v) is 1.40. The fourth-order valence-electron chi connectivity index (χ4n) is 1.40. The van der Waals surface area contributed by atoms with Gasteiger partial charge in [-0.2, -0.15) is 0 Å². The highest BCUT2D eigenvalue weighted by Crippen LogP contribution is 2.18. The molecule has 1 aromatic carbocycles. The Morgan fingerprint density at radius 2 is 1.84 bits per heavy atom. The van der Waals surface area contributed by atoms with Crippen LogP contribution in [-0.2, 0) is 4.74 Å². The molecular formula is C14H19NO4. The standard InChI is InChI=1S/C14H19NO4/c1-14(2,3)8-9-19-10-13(16)11-4-6-12(7-5-11)15(17)18/h4-7H,8-10H2,1-3H3. The zero-order chi connectivity index (χ0) is 14.5. The van der Waals surface area contributed by atoms with E-state index in [1.807, 2.05) is 0 Å². The molecule has 0 saturated heterocycles. The van der Waals surface area contributed by atoms with Gasteiger partial charge < -0.3 is 4.74 Å². The summed E-state index contributed by atoms with van der Waals surface area (Å²) >= 11 is 0. The number of ketones is 1. The van der Waals surface area contributed by atoms with Crippen molar-refractivity contribution in [1.29, 1.82) is 0 Å². The summed E-state index contributed by atoms with van der Waals surface area (Å²) in [5.41, 5.74) is 0.586. The number of Topliss-reactive ketones (excluding diaryl/α,β-unsaturated/α-hetero) is 1. The summed E-state index contributed by atoms with van der Waals surface area (Å²) in [5.74, 6) is -0.163. The van der Waals surface area contributed by atoms with Crippen molar-refractivity contribution in [2.24, 2.45) is 5.41 Å². The Kier molecular flexibility index (Phi) is 5.18. The van der Waals surface area contributed by atoms with Crippen LogP contribution in [0.5, 0.6) is 0 Å². The molecule has 1 rings (SSSR count). The van der Waals surface area contributed by atoms with Crippen molar-refractivity contribution in [3.63, 3.8) is 0 Å². The molecule has 0 aromatic heterocycles. The van der Waals surface area contributed by atoms with Gasteiger partial charge in [-0.25, -0.2) is 0 Å². The van der Waals surface area contributed by atoms with Gasteiger partial charge in [0.2, 0.25) is 0 Å². The Bertz CT molecular complexity index is 446. The van der Waals surface area contributed by atoms with Crippen LogP contribution in [0.3, 0.4) is 0 Å². The van der Waals surface area contributed by atoms with Crippen LogP contribution in [0, 0.1) is 15.5 Å². The van der Waals surface area contributed by atoms with Crippen molar-refractivity contribution in [2.45, 2.75) is 27.2 Å². The van der Waals surface area contributed by atoms with E-state index < -0.39 is 4.92 Å². The van der Waals surface area contributed by atoms with Gasteiger partial charge in [0, 0.05) is 24.3 Å². The summed E-state index contributed by atoms with van der Waals surface area (Å²) in [4.78, 5) is 21.7. The molecule has 0 fully saturated rings. The highest BCUT2D eigenvalue weighted by Gasteiger charge is 2.12. The minimum Gasteiger partial charge on any atom is -0.373 e. The molecule has 0 amide bonds. The SMILES string of the molecule is CC(C)(C)CCOCC(=O)c1ccc([N+](=O)[O-])cc1. The quantitative estimate of drug-likeness (QED) is 0.342. The van der Waals surface area contributed by atoms with Crippen LogP contribution in [0.25, 0.3) is 0 Å². The number of hydrogen-bond acceptors (Lipinski definition) is 4. The third-order valence-corrected chi connectivity index (χ3v) is 2.63. The Morgan fingerprint density at radius 1 is 1.26 bits per heavy atom. The lowest BCUT2D eigenvalue weighted by molar-refractivity contribution is -0.384. The van der Waals surface area contributed by atoms with Gasteiger partial charge in [-0.3, -0.25) is 14.9 Å². The van der Waals surface area contributed by atoms with Crippen LogP contribution < -0.4 is 0 Å². The highest BCUT2D eigenvalue weighted by atomic mass is 16.6. The summed E-state index contributed by atoms with van der Waals surface area (Å²) in [6.07, 6.45) is 0.876. The molecule has 0 aliphatic rings. The maximum atomic E-state index is 11.8. The van der Waals surface area contributed by atoms with E-state index in [2.05, 4.69) is 20.8 Å². The van der Waals surface area contributed by atoms with Crippen LogP contribution in [0.1, 0.15) is 37.6 Å². The van der Waals surface area contributed by atoms with E-state index >= 15 is 0 Å². The topological polar surface area (TPSA) is 69.4 Å². The van der Waals surface area contributed by atoms with Gasteiger partial charge in [-0.05, 0) is 24.0 Å². The first-order chi connectivity index (χ1) is 8.79. The Labute approximate surface area is 112 Å². The molecule has 0 saturated carbocycles. The number of rotatable bonds is 6. The number of ether oxygens (including phenoxy) is 1. The van der Waals surface area contributed by atoms with E-state index in [-0.39, 0.29) is 23.5 Å². The van der Waals surface area contributed by atoms with Gasteiger partial charge in [0.15, 0.2) is 5.78 Å². The van der Waals surface area contributed by atoms with E-state index in [0.29, 0.717) is 12.2 Å². The van der Waals surface area contributed by atoms with Crippen molar-refractivity contribution in [3.8, 4) is 0 Å². The van der Waals surface area contributed by atoms with E-state index in [4.69, 9.17) is 4.74 Å². The van der Waals surface area contributed by atoms with Crippen molar-refractivity contribution in [2.75, 3.05) is 13.2 Å². The number of hydrogen-bond donors (Lipinski definition) is 0. The minimum atomic E-state index is -0.492. The van der Waals surface area contributed by atoms with Crippen molar-refractivity contribution in [1.82, 2.24) is 0 Å². The van der Waals surface area contributed by atoms with Gasteiger partial charge in [0.1, 0.15) is 6.61 Å². The van der Waals surface area contributed by atoms with Crippen molar-refractivity contribution in [3.05, 3.63) is 39.9 Å². The Morgan fingerprint density at radius 3 is 2.32 bits per heavy atom. The molecule has 0 heterocycles. The monoisotopic (exact) mass is 265 g/mol. The smallest absolute Gasteiger partial charge is 0.269 e. The molecule has 5 heteroatoms. The normalized spacial score (nSPS) is 11.3. The molecule has 1 aromatic rings. The lowest BCUT2D eigenvalue weighted by Crippen LogP contribution is -2.14. The molecule has 0 radical (unpaired) electrons. The summed E-state index contributed by atoms with van der Waals surface area (Å²) in [6, 6.07) is 5.55. The molecule has 0 N–H and O–H groups in total. The van der Waals surface area contributed by atoms with Gasteiger partial charge in [-0.15, -0.1) is 0 Å². The van der Waals surface area contributed by atoms with Gasteiger partial charge in [0.05, 0.1) is 4.92 Å². The second kappa shape index (κ2) is 6.43. The number of nitro benzene ring substituents is 1. The molecule has 0 aliphatic carbocycles. The van der Waals surface area contributed by atoms with Crippen LogP contribution in [0.2, 0.25) is 0 Å². The van der Waals surface area contributed by atoms with E-state index in [1.54, 1.807) is 0 Å². The molecule has 0 aliphatic heterocycles. The summed E-state index contributed by atoms with van der Waals surface area (Å²) < 4.78 is 5.32. The molecule has 0 unspecified atom stereocenters. The number of benzene rings is 1. The zero-order valence-corrected chi connectivity index (χ0v) is 11.5. The van der Waals surface area contributed by atoms with Gasteiger partial charge >= 0.3 is 0 Å². The average Bonchev–Trinajstić information content (AvgIpc) is 2.33. The molecule has 0 bridgehead atoms. The number of nitro groups is 1.